The number of carbonyl (C=O) groups excluding carboxylic acids is 2. The molecule has 2 amide bonds. The van der Waals surface area contributed by atoms with Gasteiger partial charge in [-0.1, -0.05) is 48.5 Å². The van der Waals surface area contributed by atoms with Crippen molar-refractivity contribution >= 4 is 18.2 Å². The lowest BCUT2D eigenvalue weighted by molar-refractivity contribution is -0.139. The Bertz CT molecular complexity index is 988. The van der Waals surface area contributed by atoms with Crippen molar-refractivity contribution in [2.75, 3.05) is 26.2 Å². The number of ether oxygens (including phenoxy) is 2. The summed E-state index contributed by atoms with van der Waals surface area (Å²) in [6.45, 7) is 5.89. The van der Waals surface area contributed by atoms with Gasteiger partial charge >= 0.3 is 18.2 Å². The van der Waals surface area contributed by atoms with Crippen LogP contribution in [0.5, 0.6) is 0 Å². The molecule has 0 bridgehead atoms. The van der Waals surface area contributed by atoms with Crippen molar-refractivity contribution in [2.24, 2.45) is 0 Å². The molecule has 3 rings (SSSR count). The Morgan fingerprint density at radius 3 is 2.09 bits per heavy atom. The number of hydrogen-bond donors (Lipinski definition) is 4. The molecule has 2 aromatic rings. The first-order valence-electron chi connectivity index (χ1n) is 11.2. The van der Waals surface area contributed by atoms with Crippen molar-refractivity contribution in [3.63, 3.8) is 0 Å². The van der Waals surface area contributed by atoms with E-state index in [4.69, 9.17) is 9.47 Å². The molecule has 0 saturated carbocycles. The van der Waals surface area contributed by atoms with Gasteiger partial charge in [0.2, 0.25) is 0 Å². The highest BCUT2D eigenvalue weighted by Gasteiger charge is 2.29. The van der Waals surface area contributed by atoms with E-state index in [2.05, 4.69) is 16.0 Å². The van der Waals surface area contributed by atoms with E-state index in [-0.39, 0.29) is 25.6 Å². The molecule has 1 unspecified atom stereocenters. The zero-order valence-electron chi connectivity index (χ0n) is 19.6. The quantitative estimate of drug-likeness (QED) is 0.416. The van der Waals surface area contributed by atoms with E-state index in [0.29, 0.717) is 6.54 Å². The molecule has 2 aromatic carbocycles. The van der Waals surface area contributed by atoms with Crippen LogP contribution in [0.25, 0.3) is 11.1 Å². The fraction of sp³-hybridized carbons (Fsp3) is 0.400. The molecule has 0 aromatic heterocycles. The summed E-state index contributed by atoms with van der Waals surface area (Å²) < 4.78 is 10.5. The predicted molar refractivity (Wildman–Crippen MR) is 127 cm³/mol. The number of fused-ring (bicyclic) bond motifs is 3. The molecule has 4 N–H and O–H groups in total. The molecule has 0 spiro atoms. The summed E-state index contributed by atoms with van der Waals surface area (Å²) in [6.07, 6.45) is -1.36. The smallest absolute Gasteiger partial charge is 0.407 e. The van der Waals surface area contributed by atoms with Crippen molar-refractivity contribution in [2.45, 2.75) is 38.3 Å². The van der Waals surface area contributed by atoms with Gasteiger partial charge in [0, 0.05) is 25.6 Å². The topological polar surface area (TPSA) is 126 Å². The maximum atomic E-state index is 12.4. The molecule has 0 heterocycles. The van der Waals surface area contributed by atoms with E-state index in [9.17, 15) is 19.5 Å². The lowest BCUT2D eigenvalue weighted by atomic mass is 9.98. The van der Waals surface area contributed by atoms with Crippen molar-refractivity contribution in [1.29, 1.82) is 0 Å². The third kappa shape index (κ3) is 6.71. The number of carboxylic acids is 1. The van der Waals surface area contributed by atoms with Crippen LogP contribution in [0.3, 0.4) is 0 Å². The highest BCUT2D eigenvalue weighted by Crippen LogP contribution is 2.44. The van der Waals surface area contributed by atoms with Crippen LogP contribution in [0.15, 0.2) is 48.5 Å². The van der Waals surface area contributed by atoms with Gasteiger partial charge in [-0.25, -0.2) is 14.4 Å². The van der Waals surface area contributed by atoms with Gasteiger partial charge in [-0.05, 0) is 43.0 Å². The number of hydrogen-bond acceptors (Lipinski definition) is 6. The summed E-state index contributed by atoms with van der Waals surface area (Å²) >= 11 is 0. The minimum Gasteiger partial charge on any atom is -0.480 e. The van der Waals surface area contributed by atoms with Gasteiger partial charge in [0.1, 0.15) is 18.2 Å². The van der Waals surface area contributed by atoms with Crippen LogP contribution in [-0.2, 0) is 14.3 Å². The molecule has 0 radical (unpaired) electrons. The van der Waals surface area contributed by atoms with E-state index in [1.807, 2.05) is 48.5 Å². The van der Waals surface area contributed by atoms with Crippen molar-refractivity contribution < 1.29 is 29.0 Å². The van der Waals surface area contributed by atoms with Gasteiger partial charge in [0.05, 0.1) is 0 Å². The maximum Gasteiger partial charge on any atom is 0.407 e. The molecule has 9 nitrogen and oxygen atoms in total. The van der Waals surface area contributed by atoms with E-state index >= 15 is 0 Å². The van der Waals surface area contributed by atoms with Crippen molar-refractivity contribution in [1.82, 2.24) is 16.0 Å². The molecule has 1 aliphatic rings. The molecule has 1 atom stereocenters. The number of aliphatic carboxylic acids is 1. The Balaban J connectivity index is 1.46. The fourth-order valence-electron chi connectivity index (χ4n) is 3.80. The first-order chi connectivity index (χ1) is 16.2. The predicted octanol–water partition coefficient (Wildman–Crippen LogP) is 3.09. The summed E-state index contributed by atoms with van der Waals surface area (Å²) in [5.74, 6) is -1.31. The molecular formula is C25H31N3O6. The summed E-state index contributed by atoms with van der Waals surface area (Å²) in [4.78, 5) is 35.5. The Labute approximate surface area is 198 Å². The molecule has 0 fully saturated rings. The Hall–Kier alpha value is -3.59. The van der Waals surface area contributed by atoms with E-state index in [0.717, 1.165) is 22.3 Å². The van der Waals surface area contributed by atoms with Crippen LogP contribution in [0.2, 0.25) is 0 Å². The van der Waals surface area contributed by atoms with Gasteiger partial charge in [0.25, 0.3) is 0 Å². The summed E-state index contributed by atoms with van der Waals surface area (Å²) in [5.41, 5.74) is 3.77. The minimum absolute atomic E-state index is 0.0322. The van der Waals surface area contributed by atoms with Crippen molar-refractivity contribution in [3.05, 3.63) is 59.7 Å². The standard InChI is InChI=1S/C25H31N3O6/c1-25(2,3)34-23(31)27-13-12-26-14-21(22(29)30)28-24(32)33-15-20-18-10-6-4-8-16(18)17-9-5-7-11-19(17)20/h4-11,20-21,26H,12-15H2,1-3H3,(H,27,31)(H,28,32)(H,29,30). The number of benzene rings is 2. The van der Waals surface area contributed by atoms with Gasteiger partial charge in [-0.3, -0.25) is 0 Å². The van der Waals surface area contributed by atoms with Gasteiger partial charge in [-0.2, -0.15) is 0 Å². The largest absolute Gasteiger partial charge is 0.480 e. The van der Waals surface area contributed by atoms with Crippen LogP contribution < -0.4 is 16.0 Å². The lowest BCUT2D eigenvalue weighted by Crippen LogP contribution is -2.48. The average molecular weight is 470 g/mol. The first kappa shape index (κ1) is 25.0. The third-order valence-electron chi connectivity index (χ3n) is 5.25. The second-order valence-corrected chi connectivity index (χ2v) is 8.99. The summed E-state index contributed by atoms with van der Waals surface area (Å²) in [7, 11) is 0. The molecule has 1 aliphatic carbocycles. The van der Waals surface area contributed by atoms with Crippen LogP contribution in [0.4, 0.5) is 9.59 Å². The number of rotatable bonds is 9. The third-order valence-corrected chi connectivity index (χ3v) is 5.25. The summed E-state index contributed by atoms with van der Waals surface area (Å²) in [5, 5.41) is 17.3. The van der Waals surface area contributed by atoms with Crippen LogP contribution >= 0.6 is 0 Å². The zero-order valence-corrected chi connectivity index (χ0v) is 19.6. The molecule has 182 valence electrons. The second-order valence-electron chi connectivity index (χ2n) is 8.99. The fourth-order valence-corrected chi connectivity index (χ4v) is 3.80. The molecular weight excluding hydrogens is 438 g/mol. The Morgan fingerprint density at radius 2 is 1.53 bits per heavy atom. The number of amides is 2. The first-order valence-corrected chi connectivity index (χ1v) is 11.2. The van der Waals surface area contributed by atoms with Crippen LogP contribution in [0.1, 0.15) is 37.8 Å². The molecule has 0 saturated heterocycles. The van der Waals surface area contributed by atoms with E-state index < -0.39 is 29.8 Å². The normalized spacial score (nSPS) is 13.4. The van der Waals surface area contributed by atoms with E-state index in [1.54, 1.807) is 20.8 Å². The van der Waals surface area contributed by atoms with Gasteiger partial charge < -0.3 is 30.5 Å². The molecule has 0 aliphatic heterocycles. The Kier molecular flexibility index (Phi) is 8.12. The highest BCUT2D eigenvalue weighted by atomic mass is 16.6. The maximum absolute atomic E-state index is 12.4. The number of carboxylic acid groups (broad SMARTS) is 1. The van der Waals surface area contributed by atoms with Crippen molar-refractivity contribution in [3.8, 4) is 11.1 Å². The van der Waals surface area contributed by atoms with Gasteiger partial charge in [-0.15, -0.1) is 0 Å². The second kappa shape index (κ2) is 11.0. The monoisotopic (exact) mass is 469 g/mol. The van der Waals surface area contributed by atoms with E-state index in [1.165, 1.54) is 0 Å². The average Bonchev–Trinajstić information content (AvgIpc) is 3.09. The Morgan fingerprint density at radius 1 is 0.941 bits per heavy atom. The lowest BCUT2D eigenvalue weighted by Gasteiger charge is -2.20. The SMILES string of the molecule is CC(C)(C)OC(=O)NCCNCC(NC(=O)OCC1c2ccccc2-c2ccccc21)C(=O)O. The number of nitrogens with one attached hydrogen (secondary N) is 3. The zero-order chi connectivity index (χ0) is 24.7. The number of alkyl carbamates (subject to hydrolysis) is 2. The highest BCUT2D eigenvalue weighted by molar-refractivity contribution is 5.81. The number of carbonyl (C=O) groups is 3. The minimum atomic E-state index is -1.19. The molecule has 9 heteroatoms. The van der Waals surface area contributed by atoms with Gasteiger partial charge in [0.15, 0.2) is 0 Å². The van der Waals surface area contributed by atoms with Crippen LogP contribution in [0, 0.1) is 0 Å². The summed E-state index contributed by atoms with van der Waals surface area (Å²) in [6, 6.07) is 14.8. The van der Waals surface area contributed by atoms with Crippen LogP contribution in [-0.4, -0.2) is 61.1 Å². The molecule has 34 heavy (non-hydrogen) atoms.